The van der Waals surface area contributed by atoms with E-state index in [0.29, 0.717) is 5.69 Å². The van der Waals surface area contributed by atoms with E-state index in [2.05, 4.69) is 10.4 Å². The molecule has 0 radical (unpaired) electrons. The molecule has 1 aromatic carbocycles. The number of nitrogens with zero attached hydrogens (tertiary/aromatic N) is 3. The van der Waals surface area contributed by atoms with Crippen LogP contribution in [-0.2, 0) is 4.74 Å². The minimum Gasteiger partial charge on any atom is -0.449 e. The van der Waals surface area contributed by atoms with Gasteiger partial charge in [-0.1, -0.05) is 48.1 Å². The molecule has 0 aliphatic heterocycles. The average Bonchev–Trinajstić information content (AvgIpc) is 2.95. The van der Waals surface area contributed by atoms with Crippen molar-refractivity contribution in [2.45, 2.75) is 19.8 Å². The van der Waals surface area contributed by atoms with Crippen molar-refractivity contribution in [3.05, 3.63) is 39.0 Å². The normalized spacial score (nSPS) is 10.3. The topological polar surface area (TPSA) is 79.9 Å². The summed E-state index contributed by atoms with van der Waals surface area (Å²) in [6.07, 6.45) is 2.27. The van der Waals surface area contributed by atoms with Gasteiger partial charge in [-0.05, 0) is 18.6 Å². The predicted molar refractivity (Wildman–Crippen MR) is 93.2 cm³/mol. The highest BCUT2D eigenvalue weighted by molar-refractivity contribution is 6.48. The third-order valence-electron chi connectivity index (χ3n) is 3.08. The molecule has 2 rings (SSSR count). The number of benzene rings is 1. The number of carbonyl (C=O) groups is 1. The minimum absolute atomic E-state index is 0.138. The third-order valence-corrected chi connectivity index (χ3v) is 4.37. The molecule has 0 fully saturated rings. The number of amides is 1. The molecule has 0 atom stereocenters. The molecule has 24 heavy (non-hydrogen) atoms. The number of nitriles is 1. The molecule has 1 aromatic heterocycles. The molecule has 1 amide bonds. The summed E-state index contributed by atoms with van der Waals surface area (Å²) in [5, 5.41) is 16.4. The van der Waals surface area contributed by atoms with Gasteiger partial charge in [0.15, 0.2) is 5.82 Å². The van der Waals surface area contributed by atoms with Crippen molar-refractivity contribution in [1.29, 1.82) is 5.26 Å². The first-order valence-electron chi connectivity index (χ1n) is 7.05. The monoisotopic (exact) mass is 386 g/mol. The summed E-state index contributed by atoms with van der Waals surface area (Å²) >= 11 is 18.1. The van der Waals surface area contributed by atoms with Gasteiger partial charge in [0.2, 0.25) is 0 Å². The molecular formula is C15H13Cl3N4O2. The van der Waals surface area contributed by atoms with E-state index >= 15 is 0 Å². The highest BCUT2D eigenvalue weighted by atomic mass is 35.5. The van der Waals surface area contributed by atoms with Crippen molar-refractivity contribution in [3.8, 4) is 11.8 Å². The van der Waals surface area contributed by atoms with Gasteiger partial charge >= 0.3 is 6.09 Å². The molecular weight excluding hydrogens is 375 g/mol. The summed E-state index contributed by atoms with van der Waals surface area (Å²) in [7, 11) is 0. The van der Waals surface area contributed by atoms with Gasteiger partial charge in [0.1, 0.15) is 11.6 Å². The van der Waals surface area contributed by atoms with Crippen LogP contribution in [-0.4, -0.2) is 22.5 Å². The molecule has 126 valence electrons. The van der Waals surface area contributed by atoms with Crippen molar-refractivity contribution in [2.24, 2.45) is 0 Å². The molecule has 9 heteroatoms. The summed E-state index contributed by atoms with van der Waals surface area (Å²) in [5.41, 5.74) is 0.529. The summed E-state index contributed by atoms with van der Waals surface area (Å²) in [6.45, 7) is 2.27. The summed E-state index contributed by atoms with van der Waals surface area (Å²) in [4.78, 5) is 11.9. The van der Waals surface area contributed by atoms with E-state index in [0.717, 1.165) is 12.8 Å². The number of hydrogen-bond acceptors (Lipinski definition) is 4. The maximum atomic E-state index is 11.9. The van der Waals surface area contributed by atoms with Crippen molar-refractivity contribution < 1.29 is 9.53 Å². The van der Waals surface area contributed by atoms with Crippen LogP contribution in [0.1, 0.15) is 25.3 Å². The standard InChI is InChI=1S/C15H13Cl3N4O2/c1-2-3-6-24-15(23)21-14-9(7-19)8-20-22(14)11-5-4-10(16)12(17)13(11)18/h4-5,8H,2-3,6H2,1H3,(H,21,23). The molecule has 2 aromatic rings. The molecule has 1 N–H and O–H groups in total. The van der Waals surface area contributed by atoms with E-state index in [1.807, 2.05) is 13.0 Å². The highest BCUT2D eigenvalue weighted by Crippen LogP contribution is 2.36. The second-order valence-electron chi connectivity index (χ2n) is 4.74. The van der Waals surface area contributed by atoms with Gasteiger partial charge in [-0.25, -0.2) is 9.48 Å². The van der Waals surface area contributed by atoms with E-state index in [9.17, 15) is 10.1 Å². The van der Waals surface area contributed by atoms with Gasteiger partial charge in [0.05, 0.1) is 33.6 Å². The second kappa shape index (κ2) is 8.25. The van der Waals surface area contributed by atoms with Crippen LogP contribution >= 0.6 is 34.8 Å². The van der Waals surface area contributed by atoms with Crippen LogP contribution in [0.5, 0.6) is 0 Å². The maximum absolute atomic E-state index is 11.9. The smallest absolute Gasteiger partial charge is 0.412 e. The number of unbranched alkanes of at least 4 members (excludes halogenated alkanes) is 1. The fraction of sp³-hybridized carbons (Fsp3) is 0.267. The fourth-order valence-corrected chi connectivity index (χ4v) is 2.46. The fourth-order valence-electron chi connectivity index (χ4n) is 1.85. The Hall–Kier alpha value is -1.94. The summed E-state index contributed by atoms with van der Waals surface area (Å²) in [6, 6.07) is 5.07. The van der Waals surface area contributed by atoms with Gasteiger partial charge < -0.3 is 4.74 Å². The number of anilines is 1. The van der Waals surface area contributed by atoms with Gasteiger partial charge in [-0.15, -0.1) is 0 Å². The zero-order valence-corrected chi connectivity index (χ0v) is 14.9. The van der Waals surface area contributed by atoms with E-state index in [1.54, 1.807) is 12.1 Å². The number of carbonyl (C=O) groups excluding carboxylic acids is 1. The van der Waals surface area contributed by atoms with Crippen molar-refractivity contribution >= 4 is 46.7 Å². The Bertz CT molecular complexity index is 799. The van der Waals surface area contributed by atoms with E-state index in [-0.39, 0.29) is 33.1 Å². The van der Waals surface area contributed by atoms with E-state index in [1.165, 1.54) is 10.9 Å². The summed E-state index contributed by atoms with van der Waals surface area (Å²) < 4.78 is 6.33. The van der Waals surface area contributed by atoms with Crippen LogP contribution in [0.25, 0.3) is 5.69 Å². The van der Waals surface area contributed by atoms with E-state index < -0.39 is 6.09 Å². The van der Waals surface area contributed by atoms with E-state index in [4.69, 9.17) is 39.5 Å². The Kier molecular flexibility index (Phi) is 6.32. The Labute approximate surface area is 153 Å². The van der Waals surface area contributed by atoms with Crippen LogP contribution in [0.4, 0.5) is 10.6 Å². The van der Waals surface area contributed by atoms with Crippen LogP contribution in [0.3, 0.4) is 0 Å². The number of hydrogen-bond donors (Lipinski definition) is 1. The number of rotatable bonds is 5. The van der Waals surface area contributed by atoms with Crippen LogP contribution in [0.2, 0.25) is 15.1 Å². The zero-order chi connectivity index (χ0) is 17.7. The molecule has 0 spiro atoms. The number of ether oxygens (including phenoxy) is 1. The molecule has 0 aliphatic carbocycles. The Morgan fingerprint density at radius 1 is 1.38 bits per heavy atom. The lowest BCUT2D eigenvalue weighted by atomic mass is 10.3. The number of halogens is 3. The molecule has 6 nitrogen and oxygen atoms in total. The SMILES string of the molecule is CCCCOC(=O)Nc1c(C#N)cnn1-c1ccc(Cl)c(Cl)c1Cl. The Balaban J connectivity index is 2.36. The Morgan fingerprint density at radius 2 is 2.12 bits per heavy atom. The largest absolute Gasteiger partial charge is 0.449 e. The Morgan fingerprint density at radius 3 is 2.79 bits per heavy atom. The van der Waals surface area contributed by atoms with Gasteiger partial charge in [-0.2, -0.15) is 10.4 Å². The minimum atomic E-state index is -0.683. The maximum Gasteiger partial charge on any atom is 0.412 e. The molecule has 1 heterocycles. The predicted octanol–water partition coefficient (Wildman–Crippen LogP) is 5.05. The van der Waals surface area contributed by atoms with Crippen LogP contribution < -0.4 is 5.32 Å². The van der Waals surface area contributed by atoms with Gasteiger partial charge in [0.25, 0.3) is 0 Å². The molecule has 0 saturated heterocycles. The number of nitrogens with one attached hydrogen (secondary N) is 1. The lowest BCUT2D eigenvalue weighted by Gasteiger charge is -2.12. The van der Waals surface area contributed by atoms with Crippen molar-refractivity contribution in [2.75, 3.05) is 11.9 Å². The van der Waals surface area contributed by atoms with Crippen molar-refractivity contribution in [1.82, 2.24) is 9.78 Å². The molecule has 0 saturated carbocycles. The van der Waals surface area contributed by atoms with Gasteiger partial charge in [-0.3, -0.25) is 5.32 Å². The lowest BCUT2D eigenvalue weighted by Crippen LogP contribution is -2.18. The van der Waals surface area contributed by atoms with Crippen LogP contribution in [0, 0.1) is 11.3 Å². The number of aromatic nitrogens is 2. The molecule has 0 unspecified atom stereocenters. The first-order valence-corrected chi connectivity index (χ1v) is 8.18. The summed E-state index contributed by atoms with van der Waals surface area (Å²) in [5.74, 6) is 0.138. The molecule has 0 bridgehead atoms. The van der Waals surface area contributed by atoms with Crippen molar-refractivity contribution in [3.63, 3.8) is 0 Å². The first kappa shape index (κ1) is 18.4. The average molecular weight is 388 g/mol. The highest BCUT2D eigenvalue weighted by Gasteiger charge is 2.19. The first-order chi connectivity index (χ1) is 11.5. The van der Waals surface area contributed by atoms with Gasteiger partial charge in [0, 0.05) is 0 Å². The quantitative estimate of drug-likeness (QED) is 0.575. The second-order valence-corrected chi connectivity index (χ2v) is 5.90. The van der Waals surface area contributed by atoms with Crippen LogP contribution in [0.15, 0.2) is 18.3 Å². The third kappa shape index (κ3) is 3.93. The molecule has 0 aliphatic rings. The zero-order valence-electron chi connectivity index (χ0n) is 12.6. The lowest BCUT2D eigenvalue weighted by molar-refractivity contribution is 0.159.